The van der Waals surface area contributed by atoms with Gasteiger partial charge >= 0.3 is 0 Å². The van der Waals surface area contributed by atoms with Crippen LogP contribution in [0.5, 0.6) is 0 Å². The Kier molecular flexibility index (Phi) is 2.55. The molecule has 1 nitrogen and oxygen atoms in total. The molecule has 1 aromatic heterocycles. The molecule has 14 heavy (non-hydrogen) atoms. The van der Waals surface area contributed by atoms with Crippen molar-refractivity contribution in [1.82, 2.24) is 4.98 Å². The van der Waals surface area contributed by atoms with Gasteiger partial charge in [0.25, 0.3) is 0 Å². The summed E-state index contributed by atoms with van der Waals surface area (Å²) >= 11 is 1.59. The number of hydrogen-bond acceptors (Lipinski definition) is 2. The number of hydrogen-bond donors (Lipinski definition) is 0. The van der Waals surface area contributed by atoms with Gasteiger partial charge in [-0.2, -0.15) is 0 Å². The van der Waals surface area contributed by atoms with E-state index in [2.05, 4.69) is 25.8 Å². The first-order chi connectivity index (χ1) is 7.11. The Labute approximate surface area is 92.0 Å². The van der Waals surface area contributed by atoms with Crippen LogP contribution in [0.1, 0.15) is 51.5 Å². The molecule has 0 saturated heterocycles. The Morgan fingerprint density at radius 1 is 1.71 bits per heavy atom. The molecule has 0 saturated carbocycles. The van der Waals surface area contributed by atoms with Crippen LogP contribution in [0.2, 0.25) is 0 Å². The first kappa shape index (κ1) is 8.90. The maximum Gasteiger partial charge on any atom is 0.0960 e. The van der Waals surface area contributed by atoms with Crippen LogP contribution in [-0.2, 0) is 6.42 Å². The lowest BCUT2D eigenvalue weighted by atomic mass is 9.77. The van der Waals surface area contributed by atoms with Gasteiger partial charge in [0.05, 0.1) is 12.6 Å². The maximum atomic E-state index is 7.64. The Balaban J connectivity index is 2.29. The molecule has 2 rings (SSSR count). The van der Waals surface area contributed by atoms with Crippen LogP contribution in [-0.4, -0.2) is 4.98 Å². The van der Waals surface area contributed by atoms with Crippen LogP contribution in [0.3, 0.4) is 0 Å². The van der Waals surface area contributed by atoms with Crippen molar-refractivity contribution in [2.75, 3.05) is 0 Å². The first-order valence-electron chi connectivity index (χ1n) is 6.08. The summed E-state index contributed by atoms with van der Waals surface area (Å²) in [4.78, 5) is 5.77. The summed E-state index contributed by atoms with van der Waals surface area (Å²) in [6, 6.07) is 0. The van der Waals surface area contributed by atoms with E-state index in [0.717, 1.165) is 18.3 Å². The third-order valence-corrected chi connectivity index (χ3v) is 4.28. The van der Waals surface area contributed by atoms with Crippen molar-refractivity contribution in [3.05, 3.63) is 16.1 Å². The van der Waals surface area contributed by atoms with Crippen molar-refractivity contribution < 1.29 is 1.37 Å². The highest BCUT2D eigenvalue weighted by Crippen LogP contribution is 2.40. The fraction of sp³-hybridized carbons (Fsp3) is 0.750. The molecule has 1 aliphatic rings. The van der Waals surface area contributed by atoms with E-state index in [1.165, 1.54) is 23.4 Å². The summed E-state index contributed by atoms with van der Waals surface area (Å²) < 4.78 is 7.64. The van der Waals surface area contributed by atoms with Crippen molar-refractivity contribution in [2.45, 2.75) is 46.0 Å². The lowest BCUT2D eigenvalue weighted by Gasteiger charge is -2.30. The highest BCUT2D eigenvalue weighted by molar-refractivity contribution is 7.09. The number of rotatable bonds is 2. The molecule has 1 aliphatic carbocycles. The standard InChI is InChI=1S/C12H19NS/c1-4-9-5-10(8(2)3)6-11-12(9)13-7-14-11/h7-10H,4-6H2,1-3H3/i7D. The predicted octanol–water partition coefficient (Wildman–Crippen LogP) is 3.86. The zero-order valence-corrected chi connectivity index (χ0v) is 10.0. The van der Waals surface area contributed by atoms with Crippen molar-refractivity contribution in [3.63, 3.8) is 0 Å². The van der Waals surface area contributed by atoms with Crippen LogP contribution in [0.15, 0.2) is 5.49 Å². The first-order valence-corrected chi connectivity index (χ1v) is 6.39. The molecule has 0 aromatic carbocycles. The van der Waals surface area contributed by atoms with Gasteiger partial charge in [-0.25, -0.2) is 4.98 Å². The normalized spacial score (nSPS) is 27.6. The van der Waals surface area contributed by atoms with Crippen LogP contribution in [0.4, 0.5) is 0 Å². The molecule has 0 fully saturated rings. The van der Waals surface area contributed by atoms with Crippen LogP contribution in [0.25, 0.3) is 0 Å². The maximum absolute atomic E-state index is 7.64. The SMILES string of the molecule is [2H]c1nc2c(s1)CC(C(C)C)CC2CC. The lowest BCUT2D eigenvalue weighted by molar-refractivity contribution is 0.307. The number of aromatic nitrogens is 1. The van der Waals surface area contributed by atoms with Crippen LogP contribution in [0, 0.1) is 11.8 Å². The summed E-state index contributed by atoms with van der Waals surface area (Å²) in [5.74, 6) is 2.15. The van der Waals surface area contributed by atoms with E-state index < -0.39 is 0 Å². The topological polar surface area (TPSA) is 12.9 Å². The molecule has 1 aromatic rings. The molecule has 2 atom stereocenters. The molecule has 0 aliphatic heterocycles. The van der Waals surface area contributed by atoms with Gasteiger partial charge in [-0.05, 0) is 31.1 Å². The van der Waals surface area contributed by atoms with E-state index in [9.17, 15) is 0 Å². The van der Waals surface area contributed by atoms with Gasteiger partial charge < -0.3 is 0 Å². The number of thiazole rings is 1. The second-order valence-electron chi connectivity index (χ2n) is 4.66. The average molecular weight is 210 g/mol. The van der Waals surface area contributed by atoms with Gasteiger partial charge in [-0.1, -0.05) is 20.8 Å². The molecule has 0 N–H and O–H groups in total. The van der Waals surface area contributed by atoms with E-state index >= 15 is 0 Å². The highest BCUT2D eigenvalue weighted by Gasteiger charge is 2.29. The summed E-state index contributed by atoms with van der Waals surface area (Å²) in [6.07, 6.45) is 3.59. The van der Waals surface area contributed by atoms with Gasteiger partial charge in [0.1, 0.15) is 0 Å². The number of fused-ring (bicyclic) bond motifs is 1. The summed E-state index contributed by atoms with van der Waals surface area (Å²) in [5.41, 5.74) is 1.74. The monoisotopic (exact) mass is 210 g/mol. The molecular formula is C12H19NS. The van der Waals surface area contributed by atoms with Crippen LogP contribution < -0.4 is 0 Å². The van der Waals surface area contributed by atoms with E-state index in [-0.39, 0.29) is 0 Å². The van der Waals surface area contributed by atoms with E-state index in [0.29, 0.717) is 11.4 Å². The summed E-state index contributed by atoms with van der Waals surface area (Å²) in [6.45, 7) is 6.86. The minimum absolute atomic E-state index is 0.503. The van der Waals surface area contributed by atoms with E-state index in [1.54, 1.807) is 11.3 Å². The van der Waals surface area contributed by atoms with Gasteiger partial charge in [0.15, 0.2) is 0 Å². The predicted molar refractivity (Wildman–Crippen MR) is 61.8 cm³/mol. The molecule has 78 valence electrons. The Morgan fingerprint density at radius 3 is 3.14 bits per heavy atom. The zero-order chi connectivity index (χ0) is 11.0. The van der Waals surface area contributed by atoms with E-state index in [4.69, 9.17) is 1.37 Å². The summed E-state index contributed by atoms with van der Waals surface area (Å²) in [5, 5.41) is 0. The molecule has 0 bridgehead atoms. The fourth-order valence-electron chi connectivity index (χ4n) is 2.37. The molecule has 2 heteroatoms. The lowest BCUT2D eigenvalue weighted by Crippen LogP contribution is -2.21. The highest BCUT2D eigenvalue weighted by atomic mass is 32.1. The second-order valence-corrected chi connectivity index (χ2v) is 5.54. The summed E-state index contributed by atoms with van der Waals surface area (Å²) in [7, 11) is 0. The molecule has 2 unspecified atom stereocenters. The van der Waals surface area contributed by atoms with Crippen molar-refractivity contribution >= 4 is 11.3 Å². The molecule has 1 heterocycles. The fourth-order valence-corrected chi connectivity index (χ4v) is 3.24. The second kappa shape index (κ2) is 4.01. The van der Waals surface area contributed by atoms with Crippen molar-refractivity contribution in [3.8, 4) is 0 Å². The smallest absolute Gasteiger partial charge is 0.0960 e. The Morgan fingerprint density at radius 2 is 2.50 bits per heavy atom. The third kappa shape index (κ3) is 1.72. The Bertz CT molecular complexity index is 345. The molecule has 0 amide bonds. The van der Waals surface area contributed by atoms with Gasteiger partial charge in [-0.15, -0.1) is 11.3 Å². The third-order valence-electron chi connectivity index (χ3n) is 3.48. The quantitative estimate of drug-likeness (QED) is 0.722. The molecule has 0 spiro atoms. The number of nitrogens with zero attached hydrogens (tertiary/aromatic N) is 1. The van der Waals surface area contributed by atoms with Crippen molar-refractivity contribution in [2.24, 2.45) is 11.8 Å². The molecule has 0 radical (unpaired) electrons. The Hall–Kier alpha value is -0.370. The van der Waals surface area contributed by atoms with Crippen molar-refractivity contribution in [1.29, 1.82) is 0 Å². The van der Waals surface area contributed by atoms with Crippen LogP contribution >= 0.6 is 11.3 Å². The minimum atomic E-state index is 0.503. The molecular weight excluding hydrogens is 190 g/mol. The van der Waals surface area contributed by atoms with Gasteiger partial charge in [-0.3, -0.25) is 0 Å². The minimum Gasteiger partial charge on any atom is -0.249 e. The zero-order valence-electron chi connectivity index (χ0n) is 10.2. The van der Waals surface area contributed by atoms with Gasteiger partial charge in [0, 0.05) is 10.8 Å². The average Bonchev–Trinajstić information content (AvgIpc) is 2.56. The van der Waals surface area contributed by atoms with E-state index in [1.807, 2.05) is 0 Å². The van der Waals surface area contributed by atoms with Gasteiger partial charge in [0.2, 0.25) is 0 Å². The largest absolute Gasteiger partial charge is 0.249 e.